The minimum Gasteiger partial charge on any atom is -0.494 e. The number of nitrogens with one attached hydrogen (secondary N) is 2. The molecule has 0 fully saturated rings. The van der Waals surface area contributed by atoms with Gasteiger partial charge in [0.15, 0.2) is 5.88 Å². The van der Waals surface area contributed by atoms with Crippen LogP contribution in [0.2, 0.25) is 0 Å². The van der Waals surface area contributed by atoms with Gasteiger partial charge in [0.1, 0.15) is 0 Å². The van der Waals surface area contributed by atoms with E-state index in [2.05, 4.69) is 10.6 Å². The van der Waals surface area contributed by atoms with Crippen LogP contribution in [0.25, 0.3) is 0 Å². The highest BCUT2D eigenvalue weighted by atomic mass is 16.3. The summed E-state index contributed by atoms with van der Waals surface area (Å²) < 4.78 is 0. The zero-order valence-electron chi connectivity index (χ0n) is 12.4. The third-order valence-corrected chi connectivity index (χ3v) is 3.38. The molecule has 0 aliphatic heterocycles. The molecule has 1 aliphatic carbocycles. The Hall–Kier alpha value is -3.27. The number of anilines is 2. The Labute approximate surface area is 134 Å². The molecule has 0 spiro atoms. The standard InChI is InChI=1S/C19H16N2O2/c22-18(20-14-8-3-1-4-9-14)16-12-7-13-17(16)19(23)21-15-10-5-2-6-11-15/h1-13,20,22H,(H,21,23). The summed E-state index contributed by atoms with van der Waals surface area (Å²) in [6.45, 7) is 0. The average molecular weight is 304 g/mol. The number of carbonyl (C=O) groups excluding carboxylic acids is 1. The van der Waals surface area contributed by atoms with Gasteiger partial charge >= 0.3 is 0 Å². The van der Waals surface area contributed by atoms with E-state index in [0.29, 0.717) is 16.8 Å². The molecule has 3 N–H and O–H groups in total. The molecule has 2 aromatic rings. The number of carbonyl (C=O) groups is 1. The minimum atomic E-state index is -0.266. The van der Waals surface area contributed by atoms with Crippen LogP contribution in [0.4, 0.5) is 11.4 Å². The summed E-state index contributed by atoms with van der Waals surface area (Å²) in [5.74, 6) is -0.322. The van der Waals surface area contributed by atoms with Crippen LogP contribution in [0, 0.1) is 0 Å². The minimum absolute atomic E-state index is 0.0561. The second-order valence-corrected chi connectivity index (χ2v) is 5.01. The van der Waals surface area contributed by atoms with Gasteiger partial charge in [0.25, 0.3) is 5.91 Å². The number of amides is 1. The van der Waals surface area contributed by atoms with Crippen LogP contribution in [-0.4, -0.2) is 11.0 Å². The largest absolute Gasteiger partial charge is 0.494 e. The number of para-hydroxylation sites is 2. The number of hydrogen-bond acceptors (Lipinski definition) is 3. The number of aliphatic hydroxyl groups is 1. The van der Waals surface area contributed by atoms with Crippen LogP contribution in [-0.2, 0) is 4.79 Å². The van der Waals surface area contributed by atoms with Gasteiger partial charge in [0, 0.05) is 16.9 Å². The second-order valence-electron chi connectivity index (χ2n) is 5.01. The highest BCUT2D eigenvalue weighted by molar-refractivity contribution is 6.08. The highest BCUT2D eigenvalue weighted by Gasteiger charge is 2.19. The third-order valence-electron chi connectivity index (χ3n) is 3.38. The van der Waals surface area contributed by atoms with Gasteiger partial charge in [0.05, 0.1) is 5.57 Å². The number of benzene rings is 2. The molecule has 0 aromatic heterocycles. The molecular formula is C19H16N2O2. The maximum atomic E-state index is 12.4. The molecule has 4 heteroatoms. The molecule has 1 aliphatic rings. The number of allylic oxidation sites excluding steroid dienone is 3. The Morgan fingerprint density at radius 3 is 2.00 bits per heavy atom. The summed E-state index contributed by atoms with van der Waals surface area (Å²) in [6, 6.07) is 18.5. The molecule has 114 valence electrons. The van der Waals surface area contributed by atoms with Crippen LogP contribution < -0.4 is 10.6 Å². The molecule has 0 unspecified atom stereocenters. The van der Waals surface area contributed by atoms with Crippen molar-refractivity contribution >= 4 is 17.3 Å². The van der Waals surface area contributed by atoms with Gasteiger partial charge < -0.3 is 15.7 Å². The molecule has 0 radical (unpaired) electrons. The molecule has 0 bridgehead atoms. The molecule has 0 saturated carbocycles. The van der Waals surface area contributed by atoms with Crippen molar-refractivity contribution in [2.75, 3.05) is 10.6 Å². The van der Waals surface area contributed by atoms with E-state index in [9.17, 15) is 9.90 Å². The van der Waals surface area contributed by atoms with Crippen molar-refractivity contribution in [3.05, 3.63) is 95.9 Å². The average Bonchev–Trinajstić information content (AvgIpc) is 3.06. The lowest BCUT2D eigenvalue weighted by atomic mass is 10.1. The first-order chi connectivity index (χ1) is 11.2. The molecule has 0 atom stereocenters. The Morgan fingerprint density at radius 1 is 0.826 bits per heavy atom. The zero-order valence-corrected chi connectivity index (χ0v) is 12.4. The Balaban J connectivity index is 1.77. The molecule has 23 heavy (non-hydrogen) atoms. The summed E-state index contributed by atoms with van der Waals surface area (Å²) in [5.41, 5.74) is 2.33. The molecule has 2 aromatic carbocycles. The number of hydrogen-bond donors (Lipinski definition) is 3. The van der Waals surface area contributed by atoms with Crippen molar-refractivity contribution in [2.24, 2.45) is 0 Å². The lowest BCUT2D eigenvalue weighted by Gasteiger charge is -2.11. The van der Waals surface area contributed by atoms with E-state index < -0.39 is 0 Å². The van der Waals surface area contributed by atoms with Crippen LogP contribution in [0.3, 0.4) is 0 Å². The van der Waals surface area contributed by atoms with Gasteiger partial charge in [-0.2, -0.15) is 0 Å². The van der Waals surface area contributed by atoms with Gasteiger partial charge in [-0.1, -0.05) is 42.5 Å². The summed E-state index contributed by atoms with van der Waals surface area (Å²) in [4.78, 5) is 12.4. The van der Waals surface area contributed by atoms with Crippen molar-refractivity contribution in [3.63, 3.8) is 0 Å². The topological polar surface area (TPSA) is 61.4 Å². The lowest BCUT2D eigenvalue weighted by molar-refractivity contribution is -0.112. The molecular weight excluding hydrogens is 288 g/mol. The fourth-order valence-corrected chi connectivity index (χ4v) is 2.27. The van der Waals surface area contributed by atoms with Crippen molar-refractivity contribution in [2.45, 2.75) is 0 Å². The van der Waals surface area contributed by atoms with E-state index in [1.165, 1.54) is 0 Å². The van der Waals surface area contributed by atoms with Gasteiger partial charge in [-0.05, 0) is 36.4 Å². The predicted octanol–water partition coefficient (Wildman–Crippen LogP) is 4.00. The van der Waals surface area contributed by atoms with Crippen LogP contribution in [0.15, 0.2) is 95.9 Å². The highest BCUT2D eigenvalue weighted by Crippen LogP contribution is 2.24. The van der Waals surface area contributed by atoms with Crippen LogP contribution in [0.5, 0.6) is 0 Å². The van der Waals surface area contributed by atoms with E-state index in [4.69, 9.17) is 0 Å². The normalized spacial score (nSPS) is 15.0. The molecule has 0 heterocycles. The predicted molar refractivity (Wildman–Crippen MR) is 92.0 cm³/mol. The maximum Gasteiger partial charge on any atom is 0.256 e. The first kappa shape index (κ1) is 14.7. The summed E-state index contributed by atoms with van der Waals surface area (Å²) in [7, 11) is 0. The van der Waals surface area contributed by atoms with Crippen LogP contribution >= 0.6 is 0 Å². The summed E-state index contributed by atoms with van der Waals surface area (Å²) in [5, 5.41) is 16.0. The first-order valence-corrected chi connectivity index (χ1v) is 7.24. The molecule has 1 amide bonds. The van der Waals surface area contributed by atoms with E-state index in [0.717, 1.165) is 5.69 Å². The lowest BCUT2D eigenvalue weighted by Crippen LogP contribution is -2.16. The molecule has 3 rings (SSSR count). The number of aliphatic hydroxyl groups excluding tert-OH is 1. The van der Waals surface area contributed by atoms with Crippen LogP contribution in [0.1, 0.15) is 0 Å². The zero-order chi connectivity index (χ0) is 16.1. The van der Waals surface area contributed by atoms with Gasteiger partial charge in [-0.25, -0.2) is 0 Å². The molecule has 4 nitrogen and oxygen atoms in total. The van der Waals surface area contributed by atoms with Crippen molar-refractivity contribution < 1.29 is 9.90 Å². The quantitative estimate of drug-likeness (QED) is 0.748. The van der Waals surface area contributed by atoms with Crippen molar-refractivity contribution in [1.82, 2.24) is 0 Å². The second kappa shape index (κ2) is 6.66. The van der Waals surface area contributed by atoms with Crippen molar-refractivity contribution in [1.29, 1.82) is 0 Å². The monoisotopic (exact) mass is 304 g/mol. The maximum absolute atomic E-state index is 12.4. The Kier molecular flexibility index (Phi) is 4.25. The Bertz CT molecular complexity index is 791. The molecule has 0 saturated heterocycles. The van der Waals surface area contributed by atoms with Gasteiger partial charge in [-0.3, -0.25) is 4.79 Å². The number of rotatable bonds is 4. The van der Waals surface area contributed by atoms with E-state index in [1.807, 2.05) is 60.7 Å². The van der Waals surface area contributed by atoms with Gasteiger partial charge in [-0.15, -0.1) is 0 Å². The van der Waals surface area contributed by atoms with E-state index in [1.54, 1.807) is 18.2 Å². The van der Waals surface area contributed by atoms with E-state index in [-0.39, 0.29) is 11.8 Å². The third kappa shape index (κ3) is 3.49. The Morgan fingerprint density at radius 2 is 1.39 bits per heavy atom. The summed E-state index contributed by atoms with van der Waals surface area (Å²) in [6.07, 6.45) is 5.11. The SMILES string of the molecule is O=C(Nc1ccccc1)C1=CC=CC1=C(O)Nc1ccccc1. The smallest absolute Gasteiger partial charge is 0.256 e. The van der Waals surface area contributed by atoms with E-state index >= 15 is 0 Å². The van der Waals surface area contributed by atoms with Crippen molar-refractivity contribution in [3.8, 4) is 0 Å². The first-order valence-electron chi connectivity index (χ1n) is 7.24. The fourth-order valence-electron chi connectivity index (χ4n) is 2.27. The summed E-state index contributed by atoms with van der Waals surface area (Å²) >= 11 is 0. The fraction of sp³-hybridized carbons (Fsp3) is 0. The van der Waals surface area contributed by atoms with Gasteiger partial charge in [0.2, 0.25) is 0 Å².